The summed E-state index contributed by atoms with van der Waals surface area (Å²) in [4.78, 5) is 12.5. The topological polar surface area (TPSA) is 66.5 Å². The maximum absolute atomic E-state index is 13.8. The van der Waals surface area contributed by atoms with Crippen molar-refractivity contribution in [3.05, 3.63) is 58.9 Å². The van der Waals surface area contributed by atoms with Gasteiger partial charge >= 0.3 is 0 Å². The fraction of sp³-hybridized carbons (Fsp3) is 0.350. The number of rotatable bonds is 4. The van der Waals surface area contributed by atoms with Crippen molar-refractivity contribution in [3.8, 4) is 0 Å². The monoisotopic (exact) mass is 424 g/mol. The summed E-state index contributed by atoms with van der Waals surface area (Å²) in [6.45, 7) is 5.07. The van der Waals surface area contributed by atoms with Gasteiger partial charge in [0.2, 0.25) is 10.0 Å². The Labute approximate surface area is 169 Å². The summed E-state index contributed by atoms with van der Waals surface area (Å²) in [7, 11) is -3.61. The van der Waals surface area contributed by atoms with E-state index < -0.39 is 21.7 Å². The van der Waals surface area contributed by atoms with Gasteiger partial charge in [-0.3, -0.25) is 4.79 Å². The largest absolute Gasteiger partial charge is 0.319 e. The van der Waals surface area contributed by atoms with Gasteiger partial charge in [0.1, 0.15) is 5.82 Å². The molecule has 0 radical (unpaired) electrons. The molecule has 2 aromatic rings. The Balaban J connectivity index is 1.76. The van der Waals surface area contributed by atoms with Crippen LogP contribution in [0.2, 0.25) is 5.02 Å². The molecule has 5 nitrogen and oxygen atoms in total. The maximum atomic E-state index is 13.8. The molecule has 1 aliphatic rings. The van der Waals surface area contributed by atoms with Crippen LogP contribution in [-0.2, 0) is 10.0 Å². The molecule has 1 fully saturated rings. The molecular formula is C20H22ClFN2O3S. The lowest BCUT2D eigenvalue weighted by atomic mass is 9.94. The van der Waals surface area contributed by atoms with Crippen LogP contribution in [-0.4, -0.2) is 31.7 Å². The van der Waals surface area contributed by atoms with Crippen LogP contribution in [0.5, 0.6) is 0 Å². The van der Waals surface area contributed by atoms with Crippen LogP contribution in [0.1, 0.15) is 30.6 Å². The van der Waals surface area contributed by atoms with E-state index in [-0.39, 0.29) is 21.2 Å². The van der Waals surface area contributed by atoms with Crippen molar-refractivity contribution in [3.63, 3.8) is 0 Å². The van der Waals surface area contributed by atoms with E-state index in [0.29, 0.717) is 24.9 Å². The first-order valence-corrected chi connectivity index (χ1v) is 10.8. The van der Waals surface area contributed by atoms with E-state index in [9.17, 15) is 17.6 Å². The van der Waals surface area contributed by atoms with Gasteiger partial charge in [-0.15, -0.1) is 0 Å². The zero-order chi connectivity index (χ0) is 20.5. The molecule has 0 bridgehead atoms. The predicted octanol–water partition coefficient (Wildman–Crippen LogP) is 4.40. The number of nitrogens with one attached hydrogen (secondary N) is 1. The highest BCUT2D eigenvalue weighted by Crippen LogP contribution is 2.27. The van der Waals surface area contributed by atoms with Crippen LogP contribution in [0.4, 0.5) is 10.1 Å². The van der Waals surface area contributed by atoms with E-state index >= 15 is 0 Å². The average Bonchev–Trinajstić information content (AvgIpc) is 2.63. The Hall–Kier alpha value is -1.96. The number of sulfonamides is 1. The second kappa shape index (κ2) is 8.19. The summed E-state index contributed by atoms with van der Waals surface area (Å²) in [5.74, 6) is -0.575. The zero-order valence-corrected chi connectivity index (χ0v) is 17.2. The van der Waals surface area contributed by atoms with E-state index in [0.717, 1.165) is 12.5 Å². The van der Waals surface area contributed by atoms with E-state index in [1.807, 2.05) is 13.8 Å². The van der Waals surface area contributed by atoms with Gasteiger partial charge < -0.3 is 5.32 Å². The molecule has 2 aromatic carbocycles. The van der Waals surface area contributed by atoms with Crippen molar-refractivity contribution in [2.45, 2.75) is 25.2 Å². The van der Waals surface area contributed by atoms with E-state index in [1.165, 1.54) is 40.7 Å². The van der Waals surface area contributed by atoms with Gasteiger partial charge in [-0.05, 0) is 60.7 Å². The van der Waals surface area contributed by atoms with Gasteiger partial charge in [-0.25, -0.2) is 12.8 Å². The highest BCUT2D eigenvalue weighted by atomic mass is 35.5. The van der Waals surface area contributed by atoms with Crippen molar-refractivity contribution in [1.82, 2.24) is 4.31 Å². The van der Waals surface area contributed by atoms with Gasteiger partial charge in [-0.1, -0.05) is 25.4 Å². The third-order valence-electron chi connectivity index (χ3n) is 4.77. The lowest BCUT2D eigenvalue weighted by molar-refractivity contribution is 0.102. The standard InChI is InChI=1S/C20H22ClFN2O3S/c1-13-9-14(2)12-24(11-13)28(26,27)17-6-3-15(4-7-17)20(25)23-19-8-5-16(21)10-18(19)22/h3-8,10,13-14H,9,11-12H2,1-2H3,(H,23,25)/t13-,14+. The molecule has 0 spiro atoms. The number of amides is 1. The Morgan fingerprint density at radius 3 is 2.29 bits per heavy atom. The summed E-state index contributed by atoms with van der Waals surface area (Å²) in [6, 6.07) is 9.61. The lowest BCUT2D eigenvalue weighted by Crippen LogP contribution is -2.42. The number of anilines is 1. The molecule has 2 atom stereocenters. The first-order chi connectivity index (χ1) is 13.2. The van der Waals surface area contributed by atoms with Crippen molar-refractivity contribution in [2.24, 2.45) is 11.8 Å². The maximum Gasteiger partial charge on any atom is 0.255 e. The zero-order valence-electron chi connectivity index (χ0n) is 15.7. The summed E-state index contributed by atoms with van der Waals surface area (Å²) in [6.07, 6.45) is 1.01. The summed E-state index contributed by atoms with van der Waals surface area (Å²) in [5, 5.41) is 2.68. The normalized spacial score (nSPS) is 20.7. The molecule has 0 aromatic heterocycles. The molecule has 0 saturated carbocycles. The van der Waals surface area contributed by atoms with Gasteiger partial charge in [0.05, 0.1) is 10.6 Å². The summed E-state index contributed by atoms with van der Waals surface area (Å²) < 4.78 is 41.1. The predicted molar refractivity (Wildman–Crippen MR) is 108 cm³/mol. The Bertz CT molecular complexity index is 969. The third-order valence-corrected chi connectivity index (χ3v) is 6.85. The van der Waals surface area contributed by atoms with E-state index in [2.05, 4.69) is 5.32 Å². The minimum Gasteiger partial charge on any atom is -0.319 e. The average molecular weight is 425 g/mol. The molecule has 0 aliphatic carbocycles. The number of hydrogen-bond donors (Lipinski definition) is 1. The SMILES string of the molecule is C[C@@H]1C[C@H](C)CN(S(=O)(=O)c2ccc(C(=O)Nc3ccc(Cl)cc3F)cc2)C1. The van der Waals surface area contributed by atoms with Gasteiger partial charge in [-0.2, -0.15) is 4.31 Å². The molecule has 1 aliphatic heterocycles. The molecule has 1 N–H and O–H groups in total. The smallest absolute Gasteiger partial charge is 0.255 e. The Morgan fingerprint density at radius 1 is 1.11 bits per heavy atom. The second-order valence-electron chi connectivity index (χ2n) is 7.37. The first kappa shape index (κ1) is 20.8. The van der Waals surface area contributed by atoms with Gasteiger partial charge in [0.15, 0.2) is 0 Å². The fourth-order valence-corrected chi connectivity index (χ4v) is 5.35. The van der Waals surface area contributed by atoms with Crippen molar-refractivity contribution >= 4 is 33.2 Å². The van der Waals surface area contributed by atoms with Crippen LogP contribution in [0.25, 0.3) is 0 Å². The number of piperidine rings is 1. The summed E-state index contributed by atoms with van der Waals surface area (Å²) in [5.41, 5.74) is 0.232. The minimum absolute atomic E-state index is 0.00221. The minimum atomic E-state index is -3.61. The molecule has 1 saturated heterocycles. The van der Waals surface area contributed by atoms with Gasteiger partial charge in [0.25, 0.3) is 5.91 Å². The molecule has 8 heteroatoms. The quantitative estimate of drug-likeness (QED) is 0.791. The number of carbonyl (C=O) groups is 1. The van der Waals surface area contributed by atoms with Gasteiger partial charge in [0, 0.05) is 23.7 Å². The van der Waals surface area contributed by atoms with Crippen LogP contribution in [0, 0.1) is 17.7 Å². The highest BCUT2D eigenvalue weighted by Gasteiger charge is 2.31. The Kier molecular flexibility index (Phi) is 6.07. The molecule has 1 amide bonds. The van der Waals surface area contributed by atoms with Crippen LogP contribution >= 0.6 is 11.6 Å². The van der Waals surface area contributed by atoms with Crippen molar-refractivity contribution in [1.29, 1.82) is 0 Å². The van der Waals surface area contributed by atoms with Crippen molar-refractivity contribution in [2.75, 3.05) is 18.4 Å². The molecule has 150 valence electrons. The molecule has 28 heavy (non-hydrogen) atoms. The number of benzene rings is 2. The molecule has 0 unspecified atom stereocenters. The molecule has 1 heterocycles. The first-order valence-electron chi connectivity index (χ1n) is 9.03. The van der Waals surface area contributed by atoms with Crippen LogP contribution < -0.4 is 5.32 Å². The highest BCUT2D eigenvalue weighted by molar-refractivity contribution is 7.89. The fourth-order valence-electron chi connectivity index (χ4n) is 3.51. The second-order valence-corrected chi connectivity index (χ2v) is 9.75. The molecule has 3 rings (SSSR count). The summed E-state index contributed by atoms with van der Waals surface area (Å²) >= 11 is 5.70. The number of nitrogens with zero attached hydrogens (tertiary/aromatic N) is 1. The number of carbonyl (C=O) groups excluding carboxylic acids is 1. The lowest BCUT2D eigenvalue weighted by Gasteiger charge is -2.34. The van der Waals surface area contributed by atoms with E-state index in [4.69, 9.17) is 11.6 Å². The number of hydrogen-bond acceptors (Lipinski definition) is 3. The Morgan fingerprint density at radius 2 is 1.71 bits per heavy atom. The van der Waals surface area contributed by atoms with E-state index in [1.54, 1.807) is 0 Å². The van der Waals surface area contributed by atoms with Crippen LogP contribution in [0.3, 0.4) is 0 Å². The number of halogens is 2. The van der Waals surface area contributed by atoms with Crippen LogP contribution in [0.15, 0.2) is 47.4 Å². The van der Waals surface area contributed by atoms with Crippen molar-refractivity contribution < 1.29 is 17.6 Å². The molecular weight excluding hydrogens is 403 g/mol. The third kappa shape index (κ3) is 4.54.